The highest BCUT2D eigenvalue weighted by molar-refractivity contribution is 8.00. The Morgan fingerprint density at radius 2 is 1.86 bits per heavy atom. The van der Waals surface area contributed by atoms with E-state index in [-0.39, 0.29) is 11.8 Å². The first-order valence-corrected chi connectivity index (χ1v) is 7.96. The van der Waals surface area contributed by atoms with Crippen molar-refractivity contribution in [2.24, 2.45) is 0 Å². The molecule has 0 bridgehead atoms. The zero-order chi connectivity index (χ0) is 15.7. The van der Waals surface area contributed by atoms with Gasteiger partial charge in [0.25, 0.3) is 5.91 Å². The quantitative estimate of drug-likeness (QED) is 0.891. The molecule has 3 rings (SSSR count). The number of aryl methyl sites for hydroxylation is 2. The van der Waals surface area contributed by atoms with E-state index in [9.17, 15) is 9.59 Å². The van der Waals surface area contributed by atoms with Crippen molar-refractivity contribution in [3.63, 3.8) is 0 Å². The largest absolute Gasteiger partial charge is 0.324 e. The van der Waals surface area contributed by atoms with Gasteiger partial charge >= 0.3 is 0 Å². The summed E-state index contributed by atoms with van der Waals surface area (Å²) in [5, 5.41) is 5.70. The van der Waals surface area contributed by atoms with Gasteiger partial charge in [0, 0.05) is 16.1 Å². The molecule has 0 spiro atoms. The Morgan fingerprint density at radius 3 is 2.59 bits per heavy atom. The Kier molecular flexibility index (Phi) is 3.90. The van der Waals surface area contributed by atoms with Crippen LogP contribution in [0.15, 0.2) is 41.3 Å². The number of anilines is 2. The predicted molar refractivity (Wildman–Crippen MR) is 89.7 cm³/mol. The van der Waals surface area contributed by atoms with Crippen molar-refractivity contribution < 1.29 is 9.59 Å². The molecule has 1 aliphatic heterocycles. The summed E-state index contributed by atoms with van der Waals surface area (Å²) in [6.07, 6.45) is 0. The van der Waals surface area contributed by atoms with Gasteiger partial charge in [0.15, 0.2) is 0 Å². The number of benzene rings is 2. The van der Waals surface area contributed by atoms with E-state index >= 15 is 0 Å². The summed E-state index contributed by atoms with van der Waals surface area (Å²) in [4.78, 5) is 24.8. The van der Waals surface area contributed by atoms with E-state index < -0.39 is 0 Å². The second-order valence-electron chi connectivity index (χ2n) is 5.38. The molecule has 2 aromatic carbocycles. The number of carbonyl (C=O) groups excluding carboxylic acids is 2. The van der Waals surface area contributed by atoms with Crippen molar-refractivity contribution in [2.45, 2.75) is 18.7 Å². The molecule has 0 fully saturated rings. The molecule has 2 amide bonds. The van der Waals surface area contributed by atoms with E-state index in [1.54, 1.807) is 6.07 Å². The number of nitrogens with one attached hydrogen (secondary N) is 2. The fourth-order valence-corrected chi connectivity index (χ4v) is 3.26. The van der Waals surface area contributed by atoms with Gasteiger partial charge in [-0.05, 0) is 44.2 Å². The van der Waals surface area contributed by atoms with Crippen LogP contribution in [-0.4, -0.2) is 17.6 Å². The minimum absolute atomic E-state index is 0.0183. The van der Waals surface area contributed by atoms with Gasteiger partial charge in [-0.25, -0.2) is 0 Å². The van der Waals surface area contributed by atoms with Crippen molar-refractivity contribution in [2.75, 3.05) is 16.4 Å². The highest BCUT2D eigenvalue weighted by Crippen LogP contribution is 2.33. The van der Waals surface area contributed by atoms with Gasteiger partial charge in [-0.3, -0.25) is 9.59 Å². The van der Waals surface area contributed by atoms with Crippen molar-refractivity contribution >= 4 is 35.0 Å². The van der Waals surface area contributed by atoms with Crippen LogP contribution in [0.4, 0.5) is 11.4 Å². The van der Waals surface area contributed by atoms with Crippen LogP contribution in [0.25, 0.3) is 0 Å². The van der Waals surface area contributed by atoms with E-state index in [1.165, 1.54) is 11.8 Å². The third-order valence-corrected chi connectivity index (χ3v) is 4.43. The van der Waals surface area contributed by atoms with Gasteiger partial charge in [-0.15, -0.1) is 11.8 Å². The van der Waals surface area contributed by atoms with Crippen molar-refractivity contribution in [3.8, 4) is 0 Å². The first kappa shape index (κ1) is 14.7. The van der Waals surface area contributed by atoms with Gasteiger partial charge in [-0.1, -0.05) is 17.2 Å². The summed E-state index contributed by atoms with van der Waals surface area (Å²) in [6.45, 7) is 3.94. The Balaban J connectivity index is 1.82. The Labute approximate surface area is 133 Å². The standard InChI is InChI=1S/C17H16N2O2S/c1-10-5-11(2)7-12(6-10)17(21)18-13-3-4-15-14(8-13)19-16(20)9-22-15/h3-8H,9H2,1-2H3,(H,18,21)(H,19,20). The SMILES string of the molecule is Cc1cc(C)cc(C(=O)Nc2ccc3c(c2)NC(=O)CS3)c1. The first-order valence-electron chi connectivity index (χ1n) is 6.97. The van der Waals surface area contributed by atoms with Gasteiger partial charge in [0.1, 0.15) is 0 Å². The maximum absolute atomic E-state index is 12.3. The van der Waals surface area contributed by atoms with Gasteiger partial charge in [-0.2, -0.15) is 0 Å². The number of hydrogen-bond donors (Lipinski definition) is 2. The number of hydrogen-bond acceptors (Lipinski definition) is 3. The van der Waals surface area contributed by atoms with Gasteiger partial charge in [0.2, 0.25) is 5.91 Å². The highest BCUT2D eigenvalue weighted by atomic mass is 32.2. The molecule has 5 heteroatoms. The first-order chi connectivity index (χ1) is 10.5. The molecule has 112 valence electrons. The third-order valence-electron chi connectivity index (χ3n) is 3.35. The van der Waals surface area contributed by atoms with Crippen LogP contribution in [0.1, 0.15) is 21.5 Å². The molecule has 2 N–H and O–H groups in total. The molecule has 0 saturated carbocycles. The van der Waals surface area contributed by atoms with E-state index in [1.807, 2.05) is 44.2 Å². The molecule has 0 atom stereocenters. The van der Waals surface area contributed by atoms with Gasteiger partial charge < -0.3 is 10.6 Å². The average Bonchev–Trinajstić information content (AvgIpc) is 2.45. The van der Waals surface area contributed by atoms with Crippen molar-refractivity contribution in [1.82, 2.24) is 0 Å². The Bertz CT molecular complexity index is 751. The Hall–Kier alpha value is -2.27. The van der Waals surface area contributed by atoms with Crippen LogP contribution in [-0.2, 0) is 4.79 Å². The molecule has 22 heavy (non-hydrogen) atoms. The summed E-state index contributed by atoms with van der Waals surface area (Å²) in [5.41, 5.74) is 4.16. The lowest BCUT2D eigenvalue weighted by atomic mass is 10.1. The minimum Gasteiger partial charge on any atom is -0.324 e. The normalized spacial score (nSPS) is 13.3. The molecule has 0 radical (unpaired) electrons. The zero-order valence-electron chi connectivity index (χ0n) is 12.4. The lowest BCUT2D eigenvalue weighted by molar-refractivity contribution is -0.113. The average molecular weight is 312 g/mol. The van der Waals surface area contributed by atoms with Crippen LogP contribution in [0.3, 0.4) is 0 Å². The molecule has 0 saturated heterocycles. The van der Waals surface area contributed by atoms with Crippen LogP contribution >= 0.6 is 11.8 Å². The molecule has 0 unspecified atom stereocenters. The minimum atomic E-state index is -0.151. The van der Waals surface area contributed by atoms with Crippen LogP contribution < -0.4 is 10.6 Å². The second-order valence-corrected chi connectivity index (χ2v) is 6.40. The summed E-state index contributed by atoms with van der Waals surface area (Å²) >= 11 is 1.50. The second kappa shape index (κ2) is 5.85. The molecule has 2 aromatic rings. The van der Waals surface area contributed by atoms with Gasteiger partial charge in [0.05, 0.1) is 11.4 Å². The number of fused-ring (bicyclic) bond motifs is 1. The number of rotatable bonds is 2. The zero-order valence-corrected chi connectivity index (χ0v) is 13.2. The van der Waals surface area contributed by atoms with E-state index in [4.69, 9.17) is 0 Å². The Morgan fingerprint density at radius 1 is 1.14 bits per heavy atom. The lowest BCUT2D eigenvalue weighted by Crippen LogP contribution is -2.19. The summed E-state index contributed by atoms with van der Waals surface area (Å²) in [6, 6.07) is 11.3. The smallest absolute Gasteiger partial charge is 0.255 e. The molecule has 0 aromatic heterocycles. The highest BCUT2D eigenvalue weighted by Gasteiger charge is 2.16. The summed E-state index contributed by atoms with van der Waals surface area (Å²) in [5.74, 6) is 0.262. The molecule has 4 nitrogen and oxygen atoms in total. The predicted octanol–water partition coefficient (Wildman–Crippen LogP) is 3.60. The van der Waals surface area contributed by atoms with Crippen molar-refractivity contribution in [3.05, 3.63) is 53.1 Å². The topological polar surface area (TPSA) is 58.2 Å². The van der Waals surface area contributed by atoms with E-state index in [0.717, 1.165) is 21.7 Å². The lowest BCUT2D eigenvalue weighted by Gasteiger charge is -2.17. The van der Waals surface area contributed by atoms with Crippen LogP contribution in [0, 0.1) is 13.8 Å². The number of thioether (sulfide) groups is 1. The van der Waals surface area contributed by atoms with E-state index in [0.29, 0.717) is 17.0 Å². The molecule has 1 heterocycles. The molecule has 1 aliphatic rings. The maximum Gasteiger partial charge on any atom is 0.255 e. The molecule has 0 aliphatic carbocycles. The van der Waals surface area contributed by atoms with Crippen LogP contribution in [0.2, 0.25) is 0 Å². The van der Waals surface area contributed by atoms with E-state index in [2.05, 4.69) is 10.6 Å². The van der Waals surface area contributed by atoms with Crippen molar-refractivity contribution in [1.29, 1.82) is 0 Å². The maximum atomic E-state index is 12.3. The molecular weight excluding hydrogens is 296 g/mol. The monoisotopic (exact) mass is 312 g/mol. The summed E-state index contributed by atoms with van der Waals surface area (Å²) < 4.78 is 0. The number of carbonyl (C=O) groups is 2. The fourth-order valence-electron chi connectivity index (χ4n) is 2.47. The van der Waals surface area contributed by atoms with Crippen LogP contribution in [0.5, 0.6) is 0 Å². The fraction of sp³-hybridized carbons (Fsp3) is 0.176. The summed E-state index contributed by atoms with van der Waals surface area (Å²) in [7, 11) is 0. The molecular formula is C17H16N2O2S. The third kappa shape index (κ3) is 3.14. The number of amides is 2.